The fraction of sp³-hybridized carbons (Fsp3) is 0.500. The summed E-state index contributed by atoms with van der Waals surface area (Å²) in [7, 11) is 0. The Morgan fingerprint density at radius 1 is 1.32 bits per heavy atom. The number of imidazole rings is 1. The predicted octanol–water partition coefficient (Wildman–Crippen LogP) is 3.19. The van der Waals surface area contributed by atoms with Crippen LogP contribution in [0.3, 0.4) is 0 Å². The van der Waals surface area contributed by atoms with Gasteiger partial charge in [0.15, 0.2) is 0 Å². The maximum absolute atomic E-state index is 9.65. The molecule has 1 aliphatic carbocycles. The molecule has 116 valence electrons. The fourth-order valence-electron chi connectivity index (χ4n) is 3.49. The first kappa shape index (κ1) is 13.8. The molecule has 22 heavy (non-hydrogen) atoms. The van der Waals surface area contributed by atoms with Gasteiger partial charge in [0.25, 0.3) is 0 Å². The van der Waals surface area contributed by atoms with E-state index in [0.717, 1.165) is 18.3 Å². The molecule has 1 unspecified atom stereocenters. The molecular formula is C18H23N3O. The molecule has 0 saturated heterocycles. The largest absolute Gasteiger partial charge is 0.387 e. The molecule has 0 radical (unpaired) electrons. The van der Waals surface area contributed by atoms with Gasteiger partial charge < -0.3 is 14.6 Å². The van der Waals surface area contributed by atoms with Gasteiger partial charge >= 0.3 is 0 Å². The summed E-state index contributed by atoms with van der Waals surface area (Å²) in [4.78, 5) is 6.85. The van der Waals surface area contributed by atoms with Crippen molar-refractivity contribution in [2.45, 2.75) is 51.2 Å². The Balaban J connectivity index is 1.75. The lowest BCUT2D eigenvalue weighted by Crippen LogP contribution is -2.30. The smallest absolute Gasteiger partial charge is 0.0996 e. The predicted molar refractivity (Wildman–Crippen MR) is 87.6 cm³/mol. The summed E-state index contributed by atoms with van der Waals surface area (Å²) in [5.74, 6) is 0. The molecule has 2 heterocycles. The van der Waals surface area contributed by atoms with Crippen LogP contribution in [0.5, 0.6) is 0 Å². The molecule has 1 fully saturated rings. The van der Waals surface area contributed by atoms with E-state index in [-0.39, 0.29) is 5.41 Å². The van der Waals surface area contributed by atoms with Crippen molar-refractivity contribution in [2.24, 2.45) is 0 Å². The fourth-order valence-corrected chi connectivity index (χ4v) is 3.49. The van der Waals surface area contributed by atoms with Crippen LogP contribution in [-0.4, -0.2) is 27.2 Å². The van der Waals surface area contributed by atoms with E-state index in [0.29, 0.717) is 5.69 Å². The van der Waals surface area contributed by atoms with Gasteiger partial charge in [-0.25, -0.2) is 4.98 Å². The number of fused-ring (bicyclic) bond motifs is 1. The summed E-state index contributed by atoms with van der Waals surface area (Å²) in [5.41, 5.74) is 4.86. The molecular weight excluding hydrogens is 274 g/mol. The lowest BCUT2D eigenvalue weighted by atomic mass is 9.87. The molecule has 2 aliphatic rings. The van der Waals surface area contributed by atoms with Crippen LogP contribution in [-0.2, 0) is 5.41 Å². The molecule has 0 bridgehead atoms. The quantitative estimate of drug-likeness (QED) is 0.946. The van der Waals surface area contributed by atoms with Crippen LogP contribution in [0.2, 0.25) is 0 Å². The summed E-state index contributed by atoms with van der Waals surface area (Å²) >= 11 is 0. The lowest BCUT2D eigenvalue weighted by molar-refractivity contribution is 0.195. The van der Waals surface area contributed by atoms with Gasteiger partial charge in [-0.2, -0.15) is 0 Å². The highest BCUT2D eigenvalue weighted by Crippen LogP contribution is 2.46. The average molecular weight is 297 g/mol. The standard InChI is InChI=1S/C18H23N3O/c1-12(22)16-9-20(11-19-16)14-6-7-15-17(8-14)21(13-4-5-13)10-18(15,2)3/h6-9,11-13,22H,4-5,10H2,1-3H3. The van der Waals surface area contributed by atoms with Crippen molar-refractivity contribution in [3.8, 4) is 5.69 Å². The van der Waals surface area contributed by atoms with Crippen LogP contribution < -0.4 is 4.90 Å². The molecule has 1 aliphatic heterocycles. The lowest BCUT2D eigenvalue weighted by Gasteiger charge is -2.22. The third-order valence-electron chi connectivity index (χ3n) is 4.90. The van der Waals surface area contributed by atoms with Crippen LogP contribution >= 0.6 is 0 Å². The molecule has 4 rings (SSSR count). The van der Waals surface area contributed by atoms with Crippen LogP contribution in [0.15, 0.2) is 30.7 Å². The van der Waals surface area contributed by atoms with Crippen molar-refractivity contribution in [2.75, 3.05) is 11.4 Å². The minimum Gasteiger partial charge on any atom is -0.387 e. The minimum absolute atomic E-state index is 0.218. The zero-order valence-corrected chi connectivity index (χ0v) is 13.5. The highest BCUT2D eigenvalue weighted by Gasteiger charge is 2.41. The number of aliphatic hydroxyl groups is 1. The van der Waals surface area contributed by atoms with Crippen LogP contribution in [0.1, 0.15) is 51.0 Å². The van der Waals surface area contributed by atoms with Crippen molar-refractivity contribution in [3.63, 3.8) is 0 Å². The van der Waals surface area contributed by atoms with Crippen molar-refractivity contribution in [3.05, 3.63) is 42.0 Å². The first-order valence-electron chi connectivity index (χ1n) is 8.09. The summed E-state index contributed by atoms with van der Waals surface area (Å²) < 4.78 is 2.00. The summed E-state index contributed by atoms with van der Waals surface area (Å²) in [5, 5.41) is 9.65. The Morgan fingerprint density at radius 3 is 2.73 bits per heavy atom. The molecule has 1 aromatic heterocycles. The molecule has 2 aromatic rings. The van der Waals surface area contributed by atoms with E-state index in [2.05, 4.69) is 41.9 Å². The third kappa shape index (κ3) is 2.13. The topological polar surface area (TPSA) is 41.3 Å². The van der Waals surface area contributed by atoms with Crippen LogP contribution in [0.25, 0.3) is 5.69 Å². The van der Waals surface area contributed by atoms with E-state index >= 15 is 0 Å². The first-order chi connectivity index (χ1) is 10.5. The first-order valence-corrected chi connectivity index (χ1v) is 8.09. The molecule has 0 spiro atoms. The Bertz CT molecular complexity index is 713. The average Bonchev–Trinajstić information content (AvgIpc) is 3.12. The number of hydrogen-bond acceptors (Lipinski definition) is 3. The van der Waals surface area contributed by atoms with E-state index in [4.69, 9.17) is 0 Å². The number of aromatic nitrogens is 2. The van der Waals surface area contributed by atoms with Crippen LogP contribution in [0, 0.1) is 0 Å². The second kappa shape index (κ2) is 4.59. The second-order valence-electron chi connectivity index (χ2n) is 7.33. The van der Waals surface area contributed by atoms with Crippen molar-refractivity contribution < 1.29 is 5.11 Å². The number of rotatable bonds is 3. The molecule has 1 N–H and O–H groups in total. The molecule has 4 heteroatoms. The minimum atomic E-state index is -0.530. The Hall–Kier alpha value is -1.81. The van der Waals surface area contributed by atoms with E-state index in [9.17, 15) is 5.11 Å². The Morgan fingerprint density at radius 2 is 2.09 bits per heavy atom. The number of benzene rings is 1. The van der Waals surface area contributed by atoms with Gasteiger partial charge in [0, 0.05) is 35.6 Å². The maximum atomic E-state index is 9.65. The van der Waals surface area contributed by atoms with Gasteiger partial charge in [-0.1, -0.05) is 19.9 Å². The van der Waals surface area contributed by atoms with Crippen molar-refractivity contribution in [1.82, 2.24) is 9.55 Å². The van der Waals surface area contributed by atoms with E-state index < -0.39 is 6.10 Å². The van der Waals surface area contributed by atoms with Gasteiger partial charge in [-0.05, 0) is 37.5 Å². The zero-order chi connectivity index (χ0) is 15.5. The highest BCUT2D eigenvalue weighted by atomic mass is 16.3. The maximum Gasteiger partial charge on any atom is 0.0996 e. The number of hydrogen-bond donors (Lipinski definition) is 1. The number of aliphatic hydroxyl groups excluding tert-OH is 1. The van der Waals surface area contributed by atoms with Gasteiger partial charge in [-0.15, -0.1) is 0 Å². The van der Waals surface area contributed by atoms with Crippen molar-refractivity contribution in [1.29, 1.82) is 0 Å². The van der Waals surface area contributed by atoms with E-state index in [1.54, 1.807) is 13.3 Å². The molecule has 4 nitrogen and oxygen atoms in total. The van der Waals surface area contributed by atoms with Gasteiger partial charge in [0.05, 0.1) is 18.1 Å². The van der Waals surface area contributed by atoms with Crippen LogP contribution in [0.4, 0.5) is 5.69 Å². The number of anilines is 1. The second-order valence-corrected chi connectivity index (χ2v) is 7.33. The van der Waals surface area contributed by atoms with Crippen molar-refractivity contribution >= 4 is 5.69 Å². The SMILES string of the molecule is CC(O)c1cn(-c2ccc3c(c2)N(C2CC2)CC3(C)C)cn1. The van der Waals surface area contributed by atoms with Gasteiger partial charge in [-0.3, -0.25) is 0 Å². The van der Waals surface area contributed by atoms with Gasteiger partial charge in [0.2, 0.25) is 0 Å². The monoisotopic (exact) mass is 297 g/mol. The number of nitrogens with zero attached hydrogens (tertiary/aromatic N) is 3. The van der Waals surface area contributed by atoms with Gasteiger partial charge in [0.1, 0.15) is 0 Å². The Labute approximate surface area is 131 Å². The highest BCUT2D eigenvalue weighted by molar-refractivity contribution is 5.67. The summed E-state index contributed by atoms with van der Waals surface area (Å²) in [6.45, 7) is 7.51. The molecule has 1 atom stereocenters. The molecule has 1 aromatic carbocycles. The molecule has 0 amide bonds. The Kier molecular flexibility index (Phi) is 2.89. The molecule has 1 saturated carbocycles. The summed E-state index contributed by atoms with van der Waals surface area (Å²) in [6.07, 6.45) is 5.80. The third-order valence-corrected chi connectivity index (χ3v) is 4.90. The zero-order valence-electron chi connectivity index (χ0n) is 13.5. The normalized spacial score (nSPS) is 21.0. The summed E-state index contributed by atoms with van der Waals surface area (Å²) in [6, 6.07) is 7.42. The van der Waals surface area contributed by atoms with E-state index in [1.807, 2.05) is 10.8 Å². The van der Waals surface area contributed by atoms with E-state index in [1.165, 1.54) is 24.1 Å².